The summed E-state index contributed by atoms with van der Waals surface area (Å²) in [7, 11) is 1.53. The molecule has 0 fully saturated rings. The Labute approximate surface area is 152 Å². The fourth-order valence-electron chi connectivity index (χ4n) is 1.87. The van der Waals surface area contributed by atoms with Gasteiger partial charge in [-0.3, -0.25) is 9.59 Å². The maximum absolute atomic E-state index is 11.8. The van der Waals surface area contributed by atoms with Crippen LogP contribution in [0.15, 0.2) is 52.0 Å². The number of rotatable bonds is 6. The fraction of sp³-hybridized carbons (Fsp3) is 0.118. The molecule has 8 heteroatoms. The monoisotopic (exact) mass is 405 g/mol. The van der Waals surface area contributed by atoms with Crippen LogP contribution in [0, 0.1) is 0 Å². The average Bonchev–Trinajstić information content (AvgIpc) is 2.58. The number of aromatic hydroxyl groups is 1. The number of nitrogens with zero attached hydrogens (tertiary/aromatic N) is 1. The SMILES string of the molecule is COc1cccc(NC(=O)CC(=O)N/N=C/c2ccc(O)c(Br)c2)c1. The van der Waals surface area contributed by atoms with E-state index in [1.165, 1.54) is 19.4 Å². The molecule has 0 spiro atoms. The molecule has 2 amide bonds. The van der Waals surface area contributed by atoms with E-state index in [4.69, 9.17) is 4.74 Å². The maximum atomic E-state index is 11.8. The van der Waals surface area contributed by atoms with Gasteiger partial charge in [0.25, 0.3) is 0 Å². The molecule has 130 valence electrons. The molecule has 0 aliphatic carbocycles. The molecule has 0 saturated heterocycles. The number of hydrazone groups is 1. The third kappa shape index (κ3) is 5.92. The Morgan fingerprint density at radius 2 is 2.04 bits per heavy atom. The van der Waals surface area contributed by atoms with Crippen molar-refractivity contribution >= 4 is 39.6 Å². The lowest BCUT2D eigenvalue weighted by atomic mass is 10.2. The van der Waals surface area contributed by atoms with Crippen LogP contribution in [-0.2, 0) is 9.59 Å². The minimum Gasteiger partial charge on any atom is -0.507 e. The van der Waals surface area contributed by atoms with Gasteiger partial charge in [-0.15, -0.1) is 0 Å². The van der Waals surface area contributed by atoms with Crippen molar-refractivity contribution in [2.24, 2.45) is 5.10 Å². The molecule has 0 aliphatic rings. The minimum absolute atomic E-state index is 0.107. The van der Waals surface area contributed by atoms with Gasteiger partial charge in [-0.2, -0.15) is 5.10 Å². The van der Waals surface area contributed by atoms with Gasteiger partial charge >= 0.3 is 0 Å². The summed E-state index contributed by atoms with van der Waals surface area (Å²) in [5.74, 6) is -0.301. The van der Waals surface area contributed by atoms with Gasteiger partial charge in [0, 0.05) is 11.8 Å². The number of anilines is 1. The largest absolute Gasteiger partial charge is 0.507 e. The number of halogens is 1. The third-order valence-electron chi connectivity index (χ3n) is 3.05. The summed E-state index contributed by atoms with van der Waals surface area (Å²) in [4.78, 5) is 23.6. The van der Waals surface area contributed by atoms with Crippen molar-refractivity contribution in [2.45, 2.75) is 6.42 Å². The number of ether oxygens (including phenoxy) is 1. The van der Waals surface area contributed by atoms with Gasteiger partial charge in [0.15, 0.2) is 0 Å². The number of phenolic OH excluding ortho intramolecular Hbond substituents is 1. The van der Waals surface area contributed by atoms with E-state index in [1.54, 1.807) is 36.4 Å². The van der Waals surface area contributed by atoms with E-state index in [2.05, 4.69) is 31.8 Å². The van der Waals surface area contributed by atoms with Gasteiger partial charge in [-0.25, -0.2) is 5.43 Å². The molecule has 2 aromatic rings. The van der Waals surface area contributed by atoms with E-state index in [0.717, 1.165) is 0 Å². The number of methoxy groups -OCH3 is 1. The van der Waals surface area contributed by atoms with E-state index in [0.29, 0.717) is 21.5 Å². The Kier molecular flexibility index (Phi) is 6.53. The van der Waals surface area contributed by atoms with Crippen molar-refractivity contribution in [1.29, 1.82) is 0 Å². The molecule has 2 aromatic carbocycles. The fourth-order valence-corrected chi connectivity index (χ4v) is 2.27. The number of carbonyl (C=O) groups excluding carboxylic acids is 2. The molecule has 0 unspecified atom stereocenters. The lowest BCUT2D eigenvalue weighted by Crippen LogP contribution is -2.24. The predicted molar refractivity (Wildman–Crippen MR) is 97.8 cm³/mol. The first-order valence-corrected chi connectivity index (χ1v) is 8.01. The minimum atomic E-state index is -0.547. The quantitative estimate of drug-likeness (QED) is 0.390. The zero-order valence-electron chi connectivity index (χ0n) is 13.3. The molecule has 3 N–H and O–H groups in total. The second-order valence-corrected chi connectivity index (χ2v) is 5.82. The van der Waals surface area contributed by atoms with Gasteiger partial charge in [-0.1, -0.05) is 6.07 Å². The molecule has 0 saturated carbocycles. The molecule has 0 radical (unpaired) electrons. The van der Waals surface area contributed by atoms with Gasteiger partial charge in [0.1, 0.15) is 17.9 Å². The number of nitrogens with one attached hydrogen (secondary N) is 2. The number of carbonyl (C=O) groups is 2. The maximum Gasteiger partial charge on any atom is 0.249 e. The first-order valence-electron chi connectivity index (χ1n) is 7.22. The molecule has 0 bridgehead atoms. The Bertz CT molecular complexity index is 808. The van der Waals surface area contributed by atoms with Crippen molar-refractivity contribution in [3.05, 3.63) is 52.5 Å². The Morgan fingerprint density at radius 3 is 2.76 bits per heavy atom. The Balaban J connectivity index is 1.83. The molecule has 25 heavy (non-hydrogen) atoms. The molecule has 0 atom stereocenters. The highest BCUT2D eigenvalue weighted by Crippen LogP contribution is 2.23. The van der Waals surface area contributed by atoms with Crippen molar-refractivity contribution in [1.82, 2.24) is 5.43 Å². The molecule has 0 aliphatic heterocycles. The number of amides is 2. The third-order valence-corrected chi connectivity index (χ3v) is 3.68. The summed E-state index contributed by atoms with van der Waals surface area (Å²) in [5, 5.41) is 15.8. The molecular weight excluding hydrogens is 390 g/mol. The summed E-state index contributed by atoms with van der Waals surface area (Å²) in [6, 6.07) is 11.6. The van der Waals surface area contributed by atoms with Crippen LogP contribution < -0.4 is 15.5 Å². The van der Waals surface area contributed by atoms with Gasteiger partial charge in [0.05, 0.1) is 17.8 Å². The molecular formula is C17H16BrN3O4. The first kappa shape index (κ1) is 18.5. The van der Waals surface area contributed by atoms with Crippen LogP contribution in [0.4, 0.5) is 5.69 Å². The van der Waals surface area contributed by atoms with Crippen molar-refractivity contribution in [3.8, 4) is 11.5 Å². The first-order chi connectivity index (χ1) is 12.0. The van der Waals surface area contributed by atoms with Crippen LogP contribution in [0.2, 0.25) is 0 Å². The number of hydrogen-bond acceptors (Lipinski definition) is 5. The zero-order chi connectivity index (χ0) is 18.2. The van der Waals surface area contributed by atoms with Crippen LogP contribution >= 0.6 is 15.9 Å². The zero-order valence-corrected chi connectivity index (χ0v) is 14.9. The number of hydrogen-bond donors (Lipinski definition) is 3. The summed E-state index contributed by atoms with van der Waals surface area (Å²) < 4.78 is 5.57. The average molecular weight is 406 g/mol. The summed E-state index contributed by atoms with van der Waals surface area (Å²) >= 11 is 3.18. The van der Waals surface area contributed by atoms with E-state index in [-0.39, 0.29) is 12.2 Å². The van der Waals surface area contributed by atoms with E-state index in [9.17, 15) is 14.7 Å². The van der Waals surface area contributed by atoms with Crippen LogP contribution in [0.1, 0.15) is 12.0 Å². The topological polar surface area (TPSA) is 100 Å². The van der Waals surface area contributed by atoms with Crippen molar-refractivity contribution in [3.63, 3.8) is 0 Å². The second-order valence-electron chi connectivity index (χ2n) is 4.96. The van der Waals surface area contributed by atoms with Crippen LogP contribution in [0.5, 0.6) is 11.5 Å². The Hall–Kier alpha value is -2.87. The lowest BCUT2D eigenvalue weighted by Gasteiger charge is -2.06. The second kappa shape index (κ2) is 8.84. The van der Waals surface area contributed by atoms with Crippen LogP contribution in [0.25, 0.3) is 0 Å². The molecule has 0 aromatic heterocycles. The van der Waals surface area contributed by atoms with E-state index in [1.807, 2.05) is 0 Å². The number of benzene rings is 2. The summed E-state index contributed by atoms with van der Waals surface area (Å²) in [5.41, 5.74) is 3.48. The molecule has 2 rings (SSSR count). The van der Waals surface area contributed by atoms with Crippen molar-refractivity contribution < 1.29 is 19.4 Å². The van der Waals surface area contributed by atoms with Crippen LogP contribution in [-0.4, -0.2) is 30.2 Å². The van der Waals surface area contributed by atoms with Gasteiger partial charge in [-0.05, 0) is 51.8 Å². The number of phenols is 1. The smallest absolute Gasteiger partial charge is 0.249 e. The highest BCUT2D eigenvalue weighted by Gasteiger charge is 2.09. The standard InChI is InChI=1S/C17H16BrN3O4/c1-25-13-4-2-3-12(8-13)20-16(23)9-17(24)21-19-10-11-5-6-15(22)14(18)7-11/h2-8,10,22H,9H2,1H3,(H,20,23)(H,21,24)/b19-10+. The molecule has 0 heterocycles. The summed E-state index contributed by atoms with van der Waals surface area (Å²) in [6.07, 6.45) is 1.04. The van der Waals surface area contributed by atoms with Gasteiger partial charge in [0.2, 0.25) is 11.8 Å². The van der Waals surface area contributed by atoms with E-state index >= 15 is 0 Å². The molecule has 7 nitrogen and oxygen atoms in total. The van der Waals surface area contributed by atoms with E-state index < -0.39 is 11.8 Å². The highest BCUT2D eigenvalue weighted by atomic mass is 79.9. The summed E-state index contributed by atoms with van der Waals surface area (Å²) in [6.45, 7) is 0. The van der Waals surface area contributed by atoms with Crippen LogP contribution in [0.3, 0.4) is 0 Å². The lowest BCUT2D eigenvalue weighted by molar-refractivity contribution is -0.126. The predicted octanol–water partition coefficient (Wildman–Crippen LogP) is 2.64. The van der Waals surface area contributed by atoms with Crippen molar-refractivity contribution in [2.75, 3.05) is 12.4 Å². The van der Waals surface area contributed by atoms with Gasteiger partial charge < -0.3 is 15.2 Å². The Morgan fingerprint density at radius 1 is 1.24 bits per heavy atom. The normalized spacial score (nSPS) is 10.5. The highest BCUT2D eigenvalue weighted by molar-refractivity contribution is 9.10.